The Bertz CT molecular complexity index is 965. The van der Waals surface area contributed by atoms with E-state index in [1.807, 2.05) is 25.1 Å². The van der Waals surface area contributed by atoms with E-state index in [-0.39, 0.29) is 49.3 Å². The van der Waals surface area contributed by atoms with Crippen LogP contribution in [0, 0.1) is 5.82 Å². The monoisotopic (exact) mass is 399 g/mol. The quantitative estimate of drug-likeness (QED) is 0.826. The van der Waals surface area contributed by atoms with E-state index in [4.69, 9.17) is 9.47 Å². The number of nitrogens with zero attached hydrogens (tertiary/aromatic N) is 1. The van der Waals surface area contributed by atoms with Crippen LogP contribution in [0.3, 0.4) is 0 Å². The second-order valence-corrected chi connectivity index (χ2v) is 7.13. The molecular weight excluding hydrogens is 377 g/mol. The summed E-state index contributed by atoms with van der Waals surface area (Å²) in [6.45, 7) is 2.26. The first-order valence-corrected chi connectivity index (χ1v) is 9.44. The average Bonchev–Trinajstić information content (AvgIpc) is 2.72. The number of nitrogens with one attached hydrogen (secondary N) is 2. The topological polar surface area (TPSA) is 79.9 Å². The number of carbonyl (C=O) groups is 2. The molecule has 152 valence electrons. The zero-order chi connectivity index (χ0) is 20.5. The molecule has 0 saturated carbocycles. The van der Waals surface area contributed by atoms with Crippen LogP contribution in [-0.2, 0) is 9.59 Å². The number of ether oxygens (including phenoxy) is 2. The van der Waals surface area contributed by atoms with Crippen LogP contribution < -0.4 is 25.0 Å². The molecule has 2 aromatic carbocycles. The number of fused-ring (bicyclic) bond motifs is 2. The minimum Gasteiger partial charge on any atom is -0.489 e. The van der Waals surface area contributed by atoms with E-state index in [9.17, 15) is 14.0 Å². The Balaban J connectivity index is 1.71. The normalized spacial score (nSPS) is 18.5. The molecule has 4 rings (SSSR count). The van der Waals surface area contributed by atoms with Crippen molar-refractivity contribution in [2.24, 2.45) is 0 Å². The van der Waals surface area contributed by atoms with E-state index in [1.54, 1.807) is 13.1 Å². The lowest BCUT2D eigenvalue weighted by Gasteiger charge is -2.42. The number of amides is 2. The first-order valence-electron chi connectivity index (χ1n) is 9.44. The Morgan fingerprint density at radius 3 is 2.90 bits per heavy atom. The number of anilines is 2. The Kier molecular flexibility index (Phi) is 5.00. The SMILES string of the molecule is CNC(=O)C[C@@H]1COc2cc(F)ccc2N1C(C)c1ccc2c(c1)NC(=O)CO2. The van der Waals surface area contributed by atoms with Gasteiger partial charge in [0.15, 0.2) is 6.61 Å². The first-order chi connectivity index (χ1) is 14.0. The number of hydrogen-bond donors (Lipinski definition) is 2. The zero-order valence-corrected chi connectivity index (χ0v) is 16.2. The van der Waals surface area contributed by atoms with E-state index in [0.717, 1.165) is 11.3 Å². The fraction of sp³-hybridized carbons (Fsp3) is 0.333. The maximum Gasteiger partial charge on any atom is 0.262 e. The minimum atomic E-state index is -0.380. The molecule has 29 heavy (non-hydrogen) atoms. The number of rotatable bonds is 4. The first kappa shape index (κ1) is 19.0. The van der Waals surface area contributed by atoms with Crippen LogP contribution in [0.15, 0.2) is 36.4 Å². The maximum atomic E-state index is 13.7. The molecule has 1 unspecified atom stereocenters. The van der Waals surface area contributed by atoms with Gasteiger partial charge in [0.05, 0.1) is 29.9 Å². The van der Waals surface area contributed by atoms with Gasteiger partial charge in [0.1, 0.15) is 23.9 Å². The zero-order valence-electron chi connectivity index (χ0n) is 16.2. The van der Waals surface area contributed by atoms with Crippen LogP contribution in [0.2, 0.25) is 0 Å². The van der Waals surface area contributed by atoms with Crippen molar-refractivity contribution in [2.75, 3.05) is 30.5 Å². The summed E-state index contributed by atoms with van der Waals surface area (Å²) in [5.74, 6) is 0.376. The molecule has 0 saturated heterocycles. The largest absolute Gasteiger partial charge is 0.489 e. The van der Waals surface area contributed by atoms with Gasteiger partial charge >= 0.3 is 0 Å². The molecule has 0 bridgehead atoms. The molecule has 0 spiro atoms. The van der Waals surface area contributed by atoms with Gasteiger partial charge in [-0.3, -0.25) is 9.59 Å². The van der Waals surface area contributed by atoms with Crippen molar-refractivity contribution in [1.29, 1.82) is 0 Å². The van der Waals surface area contributed by atoms with Gasteiger partial charge < -0.3 is 25.0 Å². The highest BCUT2D eigenvalue weighted by atomic mass is 19.1. The molecule has 0 aromatic heterocycles. The van der Waals surface area contributed by atoms with Crippen LogP contribution in [0.1, 0.15) is 24.9 Å². The molecule has 0 aliphatic carbocycles. The summed E-state index contributed by atoms with van der Waals surface area (Å²) in [5.41, 5.74) is 2.26. The molecule has 2 aromatic rings. The van der Waals surface area contributed by atoms with Gasteiger partial charge in [-0.2, -0.15) is 0 Å². The van der Waals surface area contributed by atoms with E-state index in [2.05, 4.69) is 15.5 Å². The van der Waals surface area contributed by atoms with Gasteiger partial charge in [-0.25, -0.2) is 4.39 Å². The molecule has 7 nitrogen and oxygen atoms in total. The molecule has 0 radical (unpaired) electrons. The van der Waals surface area contributed by atoms with Gasteiger partial charge in [-0.05, 0) is 36.8 Å². The minimum absolute atomic E-state index is 0.00148. The van der Waals surface area contributed by atoms with E-state index in [0.29, 0.717) is 17.2 Å². The second kappa shape index (κ2) is 7.62. The van der Waals surface area contributed by atoms with Gasteiger partial charge in [-0.1, -0.05) is 6.07 Å². The van der Waals surface area contributed by atoms with Gasteiger partial charge in [0.25, 0.3) is 5.91 Å². The predicted molar refractivity (Wildman–Crippen MR) is 106 cm³/mol. The van der Waals surface area contributed by atoms with E-state index in [1.165, 1.54) is 12.1 Å². The molecular formula is C21H22FN3O4. The number of carbonyl (C=O) groups excluding carboxylic acids is 2. The Labute approximate surface area is 167 Å². The number of hydrogen-bond acceptors (Lipinski definition) is 5. The van der Waals surface area contributed by atoms with Crippen LogP contribution >= 0.6 is 0 Å². The summed E-state index contributed by atoms with van der Waals surface area (Å²) in [7, 11) is 1.59. The number of benzene rings is 2. The van der Waals surface area contributed by atoms with Crippen molar-refractivity contribution in [3.8, 4) is 11.5 Å². The summed E-state index contributed by atoms with van der Waals surface area (Å²) in [6, 6.07) is 9.62. The highest BCUT2D eigenvalue weighted by Gasteiger charge is 2.33. The molecule has 2 heterocycles. The number of halogens is 1. The molecule has 2 N–H and O–H groups in total. The third-order valence-corrected chi connectivity index (χ3v) is 5.26. The Morgan fingerprint density at radius 1 is 1.28 bits per heavy atom. The maximum absolute atomic E-state index is 13.7. The third kappa shape index (κ3) is 3.70. The Morgan fingerprint density at radius 2 is 2.10 bits per heavy atom. The Hall–Kier alpha value is -3.29. The molecule has 2 amide bonds. The smallest absolute Gasteiger partial charge is 0.262 e. The standard InChI is InChI=1S/C21H22FN3O4/c1-12(13-3-6-18-16(7-13)24-21(27)11-29-18)25-15(9-20(26)23-2)10-28-19-8-14(22)4-5-17(19)25/h3-8,12,15H,9-11H2,1-2H3,(H,23,26)(H,24,27)/t12?,15-/m1/s1. The lowest BCUT2D eigenvalue weighted by atomic mass is 9.99. The molecule has 0 fully saturated rings. The summed E-state index contributed by atoms with van der Waals surface area (Å²) in [5, 5.41) is 5.46. The lowest BCUT2D eigenvalue weighted by molar-refractivity contribution is -0.121. The summed E-state index contributed by atoms with van der Waals surface area (Å²) < 4.78 is 24.9. The van der Waals surface area contributed by atoms with E-state index >= 15 is 0 Å². The summed E-state index contributed by atoms with van der Waals surface area (Å²) in [6.07, 6.45) is 0.239. The fourth-order valence-corrected chi connectivity index (χ4v) is 3.80. The second-order valence-electron chi connectivity index (χ2n) is 7.13. The predicted octanol–water partition coefficient (Wildman–Crippen LogP) is 2.62. The summed E-state index contributed by atoms with van der Waals surface area (Å²) in [4.78, 5) is 25.8. The summed E-state index contributed by atoms with van der Waals surface area (Å²) >= 11 is 0. The van der Waals surface area contributed by atoms with Gasteiger partial charge in [-0.15, -0.1) is 0 Å². The van der Waals surface area contributed by atoms with Crippen molar-refractivity contribution >= 4 is 23.2 Å². The molecule has 8 heteroatoms. The van der Waals surface area contributed by atoms with Crippen LogP contribution in [0.4, 0.5) is 15.8 Å². The average molecular weight is 399 g/mol. The van der Waals surface area contributed by atoms with Crippen molar-refractivity contribution in [2.45, 2.75) is 25.4 Å². The van der Waals surface area contributed by atoms with Crippen LogP contribution in [0.5, 0.6) is 11.5 Å². The highest BCUT2D eigenvalue weighted by Crippen LogP contribution is 2.41. The van der Waals surface area contributed by atoms with Crippen LogP contribution in [0.25, 0.3) is 0 Å². The van der Waals surface area contributed by atoms with Gasteiger partial charge in [0, 0.05) is 13.1 Å². The van der Waals surface area contributed by atoms with Crippen molar-refractivity contribution in [1.82, 2.24) is 5.32 Å². The van der Waals surface area contributed by atoms with E-state index < -0.39 is 0 Å². The molecule has 2 aliphatic rings. The van der Waals surface area contributed by atoms with Gasteiger partial charge in [0.2, 0.25) is 5.91 Å². The third-order valence-electron chi connectivity index (χ3n) is 5.26. The van der Waals surface area contributed by atoms with Crippen molar-refractivity contribution < 1.29 is 23.5 Å². The van der Waals surface area contributed by atoms with Crippen molar-refractivity contribution in [3.05, 3.63) is 47.8 Å². The lowest BCUT2D eigenvalue weighted by Crippen LogP contribution is -2.46. The fourth-order valence-electron chi connectivity index (χ4n) is 3.80. The van der Waals surface area contributed by atoms with Crippen molar-refractivity contribution in [3.63, 3.8) is 0 Å². The molecule has 2 aliphatic heterocycles. The highest BCUT2D eigenvalue weighted by molar-refractivity contribution is 5.95. The molecule has 2 atom stereocenters. The van der Waals surface area contributed by atoms with Crippen LogP contribution in [-0.4, -0.2) is 38.1 Å².